The van der Waals surface area contributed by atoms with Crippen molar-refractivity contribution in [2.75, 3.05) is 49.0 Å². The lowest BCUT2D eigenvalue weighted by atomic mass is 10.0. The molecule has 182 valence electrons. The lowest BCUT2D eigenvalue weighted by Crippen LogP contribution is -2.41. The van der Waals surface area contributed by atoms with Crippen LogP contribution in [0.3, 0.4) is 0 Å². The molecule has 1 fully saturated rings. The molecule has 0 bridgehead atoms. The maximum atomic E-state index is 13.1. The van der Waals surface area contributed by atoms with Crippen molar-refractivity contribution in [1.82, 2.24) is 14.9 Å². The predicted molar refractivity (Wildman–Crippen MR) is 139 cm³/mol. The number of hydrogen-bond acceptors (Lipinski definition) is 7. The fourth-order valence-electron chi connectivity index (χ4n) is 4.67. The first-order valence-electron chi connectivity index (χ1n) is 11.8. The second-order valence-corrected chi connectivity index (χ2v) is 9.59. The van der Waals surface area contributed by atoms with Gasteiger partial charge in [-0.1, -0.05) is 23.7 Å². The Balaban J connectivity index is 1.26. The van der Waals surface area contributed by atoms with Gasteiger partial charge in [0.15, 0.2) is 6.73 Å². The van der Waals surface area contributed by atoms with Gasteiger partial charge in [0, 0.05) is 36.7 Å². The van der Waals surface area contributed by atoms with E-state index in [1.807, 2.05) is 31.2 Å². The molecule has 2 aromatic carbocycles. The van der Waals surface area contributed by atoms with Crippen molar-refractivity contribution < 1.29 is 9.53 Å². The third-order valence-corrected chi connectivity index (χ3v) is 7.01. The third kappa shape index (κ3) is 4.76. The Hall–Kier alpha value is -3.36. The molecular formula is C26H29ClN6O2. The lowest BCUT2D eigenvalue weighted by Gasteiger charge is -2.36. The fourth-order valence-corrected chi connectivity index (χ4v) is 4.99. The molecule has 0 atom stereocenters. The van der Waals surface area contributed by atoms with Crippen molar-refractivity contribution in [3.8, 4) is 5.88 Å². The predicted octanol–water partition coefficient (Wildman–Crippen LogP) is 4.71. The van der Waals surface area contributed by atoms with Gasteiger partial charge in [0.1, 0.15) is 5.56 Å². The summed E-state index contributed by atoms with van der Waals surface area (Å²) in [6.07, 6.45) is 3.83. The second kappa shape index (κ2) is 9.71. The van der Waals surface area contributed by atoms with Crippen LogP contribution in [-0.4, -0.2) is 60.7 Å². The van der Waals surface area contributed by atoms with E-state index in [0.29, 0.717) is 28.3 Å². The van der Waals surface area contributed by atoms with E-state index in [9.17, 15) is 4.79 Å². The van der Waals surface area contributed by atoms with E-state index in [-0.39, 0.29) is 18.5 Å². The molecule has 1 aromatic heterocycles. The summed E-state index contributed by atoms with van der Waals surface area (Å²) in [4.78, 5) is 28.1. The van der Waals surface area contributed by atoms with E-state index in [2.05, 4.69) is 51.3 Å². The number of anilines is 4. The average Bonchev–Trinajstić information content (AvgIpc) is 2.86. The zero-order valence-electron chi connectivity index (χ0n) is 20.2. The largest absolute Gasteiger partial charge is 0.455 e. The highest BCUT2D eigenvalue weighted by molar-refractivity contribution is 6.34. The van der Waals surface area contributed by atoms with E-state index >= 15 is 0 Å². The van der Waals surface area contributed by atoms with Crippen molar-refractivity contribution in [1.29, 1.82) is 0 Å². The molecule has 2 aliphatic heterocycles. The summed E-state index contributed by atoms with van der Waals surface area (Å²) in [5.74, 6) is 0.392. The quantitative estimate of drug-likeness (QED) is 0.553. The number of aryl methyl sites for hydroxylation is 1. The van der Waals surface area contributed by atoms with Crippen LogP contribution in [0.1, 0.15) is 28.8 Å². The molecule has 0 aliphatic carbocycles. The highest BCUT2D eigenvalue weighted by Crippen LogP contribution is 2.34. The monoisotopic (exact) mass is 492 g/mol. The van der Waals surface area contributed by atoms with Crippen molar-refractivity contribution in [3.05, 3.63) is 64.8 Å². The SMILES string of the molecule is Cc1cccc(Cl)c1N1COc2nc(Nc3ccc(N4CCC(N(C)C)CC4)cc3)ncc2C1=O. The highest BCUT2D eigenvalue weighted by Gasteiger charge is 2.31. The van der Waals surface area contributed by atoms with E-state index in [1.54, 1.807) is 6.07 Å². The summed E-state index contributed by atoms with van der Waals surface area (Å²) >= 11 is 6.35. The number of nitrogens with zero attached hydrogens (tertiary/aromatic N) is 5. The summed E-state index contributed by atoms with van der Waals surface area (Å²) in [5.41, 5.74) is 3.91. The zero-order chi connectivity index (χ0) is 24.5. The molecule has 1 amide bonds. The van der Waals surface area contributed by atoms with Gasteiger partial charge in [-0.3, -0.25) is 9.69 Å². The molecule has 0 radical (unpaired) electrons. The Kier molecular flexibility index (Phi) is 6.49. The first kappa shape index (κ1) is 23.4. The molecule has 1 saturated heterocycles. The Labute approximate surface area is 210 Å². The number of para-hydroxylation sites is 1. The molecule has 3 heterocycles. The minimum Gasteiger partial charge on any atom is -0.455 e. The first-order valence-corrected chi connectivity index (χ1v) is 12.1. The maximum Gasteiger partial charge on any atom is 0.268 e. The number of amides is 1. The molecule has 8 nitrogen and oxygen atoms in total. The van der Waals surface area contributed by atoms with E-state index < -0.39 is 0 Å². The first-order chi connectivity index (χ1) is 16.9. The van der Waals surface area contributed by atoms with Gasteiger partial charge >= 0.3 is 0 Å². The van der Waals surface area contributed by atoms with Crippen LogP contribution in [0.2, 0.25) is 5.02 Å². The van der Waals surface area contributed by atoms with Crippen LogP contribution in [0.25, 0.3) is 0 Å². The maximum absolute atomic E-state index is 13.1. The average molecular weight is 493 g/mol. The Morgan fingerprint density at radius 2 is 1.86 bits per heavy atom. The number of fused-ring (bicyclic) bond motifs is 1. The molecule has 0 saturated carbocycles. The zero-order valence-corrected chi connectivity index (χ0v) is 20.9. The number of rotatable bonds is 5. The van der Waals surface area contributed by atoms with Crippen molar-refractivity contribution >= 4 is 40.5 Å². The van der Waals surface area contributed by atoms with Crippen LogP contribution in [-0.2, 0) is 0 Å². The van der Waals surface area contributed by atoms with Crippen LogP contribution in [0.4, 0.5) is 23.0 Å². The van der Waals surface area contributed by atoms with Gasteiger partial charge in [-0.05, 0) is 69.8 Å². The van der Waals surface area contributed by atoms with Gasteiger partial charge in [0.2, 0.25) is 11.8 Å². The van der Waals surface area contributed by atoms with Gasteiger partial charge in [-0.15, -0.1) is 0 Å². The normalized spacial score (nSPS) is 16.3. The van der Waals surface area contributed by atoms with Gasteiger partial charge in [0.05, 0.1) is 10.7 Å². The minimum absolute atomic E-state index is 0.0338. The van der Waals surface area contributed by atoms with Crippen LogP contribution in [0, 0.1) is 6.92 Å². The second-order valence-electron chi connectivity index (χ2n) is 9.18. The number of halogens is 1. The third-order valence-electron chi connectivity index (χ3n) is 6.70. The van der Waals surface area contributed by atoms with Gasteiger partial charge in [-0.2, -0.15) is 4.98 Å². The fraction of sp³-hybridized carbons (Fsp3) is 0.346. The van der Waals surface area contributed by atoms with E-state index in [0.717, 1.165) is 24.3 Å². The molecule has 0 unspecified atom stereocenters. The Morgan fingerprint density at radius 3 is 2.54 bits per heavy atom. The van der Waals surface area contributed by atoms with Crippen molar-refractivity contribution in [2.24, 2.45) is 0 Å². The molecule has 1 N–H and O–H groups in total. The number of benzene rings is 2. The smallest absolute Gasteiger partial charge is 0.268 e. The summed E-state index contributed by atoms with van der Waals surface area (Å²) in [7, 11) is 4.31. The van der Waals surface area contributed by atoms with Gasteiger partial charge in [-0.25, -0.2) is 4.98 Å². The summed E-state index contributed by atoms with van der Waals surface area (Å²) in [6, 6.07) is 14.4. The number of piperidine rings is 1. The van der Waals surface area contributed by atoms with Crippen LogP contribution >= 0.6 is 11.6 Å². The van der Waals surface area contributed by atoms with Crippen LogP contribution < -0.4 is 19.9 Å². The Morgan fingerprint density at radius 1 is 1.11 bits per heavy atom. The standard InChI is InChI=1S/C26H29ClN6O2/c1-17-5-4-6-22(27)23(17)33-16-35-24-21(25(33)34)15-28-26(30-24)29-18-7-9-20(10-8-18)32-13-11-19(12-14-32)31(2)3/h4-10,15,19H,11-14,16H2,1-3H3,(H,28,29,30). The topological polar surface area (TPSA) is 73.8 Å². The number of ether oxygens (including phenoxy) is 1. The van der Waals surface area contributed by atoms with Crippen LogP contribution in [0.15, 0.2) is 48.7 Å². The molecular weight excluding hydrogens is 464 g/mol. The number of nitrogens with one attached hydrogen (secondary N) is 1. The molecule has 9 heteroatoms. The van der Waals surface area contributed by atoms with Gasteiger partial charge in [0.25, 0.3) is 5.91 Å². The van der Waals surface area contributed by atoms with Crippen LogP contribution in [0.5, 0.6) is 5.88 Å². The Bertz CT molecular complexity index is 1200. The summed E-state index contributed by atoms with van der Waals surface area (Å²) < 4.78 is 5.82. The number of hydrogen-bond donors (Lipinski definition) is 1. The number of carbonyl (C=O) groups excluding carboxylic acids is 1. The molecule has 35 heavy (non-hydrogen) atoms. The number of aromatic nitrogens is 2. The summed E-state index contributed by atoms with van der Waals surface area (Å²) in [5, 5.41) is 3.70. The van der Waals surface area contributed by atoms with E-state index in [1.165, 1.54) is 29.6 Å². The van der Waals surface area contributed by atoms with Gasteiger partial charge < -0.3 is 19.9 Å². The molecule has 3 aromatic rings. The summed E-state index contributed by atoms with van der Waals surface area (Å²) in [6.45, 7) is 4.05. The van der Waals surface area contributed by atoms with Crippen molar-refractivity contribution in [2.45, 2.75) is 25.8 Å². The number of carbonyl (C=O) groups is 1. The molecule has 5 rings (SSSR count). The lowest BCUT2D eigenvalue weighted by molar-refractivity contribution is 0.0932. The highest BCUT2D eigenvalue weighted by atomic mass is 35.5. The molecule has 0 spiro atoms. The minimum atomic E-state index is -0.239. The molecule has 2 aliphatic rings. The van der Waals surface area contributed by atoms with E-state index in [4.69, 9.17) is 16.3 Å². The van der Waals surface area contributed by atoms with Crippen molar-refractivity contribution in [3.63, 3.8) is 0 Å².